The summed E-state index contributed by atoms with van der Waals surface area (Å²) >= 11 is 1.73. The average Bonchev–Trinajstić information content (AvgIpc) is 3.26. The monoisotopic (exact) mass is 327 g/mol. The molecule has 23 heavy (non-hydrogen) atoms. The van der Waals surface area contributed by atoms with Crippen LogP contribution in [0.4, 0.5) is 0 Å². The van der Waals surface area contributed by atoms with E-state index in [2.05, 4.69) is 40.5 Å². The zero-order valence-electron chi connectivity index (χ0n) is 13.3. The summed E-state index contributed by atoms with van der Waals surface area (Å²) in [6.45, 7) is 3.74. The zero-order valence-corrected chi connectivity index (χ0v) is 14.1. The van der Waals surface area contributed by atoms with Gasteiger partial charge in [0.15, 0.2) is 0 Å². The van der Waals surface area contributed by atoms with E-state index >= 15 is 0 Å². The topological polar surface area (TPSA) is 38.1 Å². The number of likely N-dealkylation sites (tertiary alicyclic amines) is 1. The molecule has 4 nitrogen and oxygen atoms in total. The number of thioether (sulfide) groups is 1. The van der Waals surface area contributed by atoms with E-state index in [-0.39, 0.29) is 11.3 Å². The average molecular weight is 327 g/mol. The molecule has 1 saturated heterocycles. The lowest BCUT2D eigenvalue weighted by Gasteiger charge is -2.27. The van der Waals surface area contributed by atoms with Crippen molar-refractivity contribution in [3.8, 4) is 0 Å². The fourth-order valence-corrected chi connectivity index (χ4v) is 4.87. The molecule has 2 atom stereocenters. The second-order valence-corrected chi connectivity index (χ2v) is 7.73. The van der Waals surface area contributed by atoms with Gasteiger partial charge in [-0.25, -0.2) is 0 Å². The molecule has 2 aromatic rings. The standard InChI is InChI=1S/C18H21N3OS/c1-13-10-19-20(11-13)12-15-6-4-8-21(15)18(22)17-9-14-5-2-3-7-16(14)23-17/h2-3,5,7,10-11,15,17H,4,6,8-9,12H2,1H3. The third-order valence-corrected chi connectivity index (χ3v) is 6.05. The first kappa shape index (κ1) is 14.8. The highest BCUT2D eigenvalue weighted by atomic mass is 32.2. The van der Waals surface area contributed by atoms with Gasteiger partial charge in [-0.2, -0.15) is 5.10 Å². The van der Waals surface area contributed by atoms with Gasteiger partial charge in [0, 0.05) is 17.6 Å². The second kappa shape index (κ2) is 6.04. The number of aryl methyl sites for hydroxylation is 1. The normalized spacial score (nSPS) is 23.3. The van der Waals surface area contributed by atoms with E-state index in [0.717, 1.165) is 32.4 Å². The molecule has 0 spiro atoms. The summed E-state index contributed by atoms with van der Waals surface area (Å²) in [6, 6.07) is 8.67. The molecule has 1 aromatic carbocycles. The minimum atomic E-state index is 0.0485. The van der Waals surface area contributed by atoms with Crippen LogP contribution in [0, 0.1) is 6.92 Å². The Morgan fingerprint density at radius 3 is 3.04 bits per heavy atom. The third kappa shape index (κ3) is 2.90. The molecule has 5 heteroatoms. The number of amides is 1. The van der Waals surface area contributed by atoms with Gasteiger partial charge in [-0.3, -0.25) is 9.48 Å². The molecule has 0 saturated carbocycles. The van der Waals surface area contributed by atoms with Crippen LogP contribution in [-0.2, 0) is 17.8 Å². The van der Waals surface area contributed by atoms with Crippen LogP contribution < -0.4 is 0 Å². The first-order valence-electron chi connectivity index (χ1n) is 8.25. The summed E-state index contributed by atoms with van der Waals surface area (Å²) in [5.74, 6) is 0.303. The number of benzene rings is 1. The van der Waals surface area contributed by atoms with Gasteiger partial charge in [0.25, 0.3) is 0 Å². The fourth-order valence-electron chi connectivity index (χ4n) is 3.60. The molecular weight excluding hydrogens is 306 g/mol. The van der Waals surface area contributed by atoms with E-state index in [1.807, 2.05) is 17.8 Å². The highest BCUT2D eigenvalue weighted by Crippen LogP contribution is 2.38. The van der Waals surface area contributed by atoms with Gasteiger partial charge in [-0.05, 0) is 43.4 Å². The number of fused-ring (bicyclic) bond motifs is 1. The molecule has 2 aliphatic rings. The van der Waals surface area contributed by atoms with Crippen molar-refractivity contribution in [1.29, 1.82) is 0 Å². The number of aromatic nitrogens is 2. The van der Waals surface area contributed by atoms with Gasteiger partial charge in [-0.1, -0.05) is 18.2 Å². The van der Waals surface area contributed by atoms with Gasteiger partial charge >= 0.3 is 0 Å². The molecule has 0 N–H and O–H groups in total. The number of hydrogen-bond acceptors (Lipinski definition) is 3. The largest absolute Gasteiger partial charge is 0.337 e. The van der Waals surface area contributed by atoms with E-state index in [1.54, 1.807) is 11.8 Å². The van der Waals surface area contributed by atoms with Crippen molar-refractivity contribution in [2.75, 3.05) is 6.54 Å². The molecule has 3 heterocycles. The Labute approximate surface area is 140 Å². The van der Waals surface area contributed by atoms with Crippen molar-refractivity contribution in [3.05, 3.63) is 47.8 Å². The van der Waals surface area contributed by atoms with Gasteiger partial charge in [0.05, 0.1) is 24.0 Å². The van der Waals surface area contributed by atoms with Crippen molar-refractivity contribution in [3.63, 3.8) is 0 Å². The Morgan fingerprint density at radius 1 is 1.39 bits per heavy atom. The molecule has 1 amide bonds. The van der Waals surface area contributed by atoms with Crippen LogP contribution in [0.25, 0.3) is 0 Å². The number of rotatable bonds is 3. The Bertz CT molecular complexity index is 702. The lowest BCUT2D eigenvalue weighted by Crippen LogP contribution is -2.42. The molecule has 1 fully saturated rings. The summed E-state index contributed by atoms with van der Waals surface area (Å²) in [6.07, 6.45) is 6.98. The maximum atomic E-state index is 13.0. The fraction of sp³-hybridized carbons (Fsp3) is 0.444. The minimum Gasteiger partial charge on any atom is -0.337 e. The Kier molecular flexibility index (Phi) is 3.89. The molecule has 0 radical (unpaired) electrons. The Balaban J connectivity index is 1.45. The minimum absolute atomic E-state index is 0.0485. The SMILES string of the molecule is Cc1cnn(CC2CCCN2C(=O)C2Cc3ccccc3S2)c1. The lowest BCUT2D eigenvalue weighted by molar-refractivity contribution is -0.131. The predicted molar refractivity (Wildman–Crippen MR) is 91.5 cm³/mol. The second-order valence-electron chi connectivity index (χ2n) is 6.49. The first-order valence-corrected chi connectivity index (χ1v) is 9.13. The molecule has 4 rings (SSSR count). The van der Waals surface area contributed by atoms with Crippen LogP contribution in [0.1, 0.15) is 24.0 Å². The Morgan fingerprint density at radius 2 is 2.26 bits per heavy atom. The maximum absolute atomic E-state index is 13.0. The van der Waals surface area contributed by atoms with E-state index in [9.17, 15) is 4.79 Å². The first-order chi connectivity index (χ1) is 11.2. The van der Waals surface area contributed by atoms with Gasteiger partial charge in [-0.15, -0.1) is 11.8 Å². The van der Waals surface area contributed by atoms with Crippen molar-refractivity contribution < 1.29 is 4.79 Å². The van der Waals surface area contributed by atoms with Gasteiger partial charge < -0.3 is 4.90 Å². The molecule has 1 aromatic heterocycles. The lowest BCUT2D eigenvalue weighted by atomic mass is 10.1. The van der Waals surface area contributed by atoms with Gasteiger partial charge in [0.1, 0.15) is 0 Å². The zero-order chi connectivity index (χ0) is 15.8. The molecular formula is C18H21N3OS. The van der Waals surface area contributed by atoms with Crippen LogP contribution in [0.2, 0.25) is 0 Å². The number of carbonyl (C=O) groups is 1. The van der Waals surface area contributed by atoms with E-state index in [4.69, 9.17) is 0 Å². The summed E-state index contributed by atoms with van der Waals surface area (Å²) in [5, 5.41) is 4.42. The van der Waals surface area contributed by atoms with Gasteiger partial charge in [0.2, 0.25) is 5.91 Å². The van der Waals surface area contributed by atoms with Crippen LogP contribution in [0.3, 0.4) is 0 Å². The van der Waals surface area contributed by atoms with Crippen LogP contribution in [0.5, 0.6) is 0 Å². The number of nitrogens with zero attached hydrogens (tertiary/aromatic N) is 3. The smallest absolute Gasteiger partial charge is 0.236 e. The van der Waals surface area contributed by atoms with Crippen LogP contribution in [-0.4, -0.2) is 38.4 Å². The molecule has 0 aliphatic carbocycles. The summed E-state index contributed by atoms with van der Waals surface area (Å²) < 4.78 is 1.97. The molecule has 2 unspecified atom stereocenters. The summed E-state index contributed by atoms with van der Waals surface area (Å²) in [4.78, 5) is 16.4. The summed E-state index contributed by atoms with van der Waals surface area (Å²) in [5.41, 5.74) is 2.48. The highest BCUT2D eigenvalue weighted by Gasteiger charge is 2.36. The van der Waals surface area contributed by atoms with E-state index in [1.165, 1.54) is 16.0 Å². The predicted octanol–water partition coefficient (Wildman–Crippen LogP) is 2.90. The third-order valence-electron chi connectivity index (χ3n) is 4.74. The van der Waals surface area contributed by atoms with E-state index in [0.29, 0.717) is 5.91 Å². The van der Waals surface area contributed by atoms with Crippen molar-refractivity contribution in [2.45, 2.75) is 48.9 Å². The number of hydrogen-bond donors (Lipinski definition) is 0. The van der Waals surface area contributed by atoms with Crippen molar-refractivity contribution in [2.24, 2.45) is 0 Å². The highest BCUT2D eigenvalue weighted by molar-refractivity contribution is 8.01. The molecule has 120 valence electrons. The quantitative estimate of drug-likeness (QED) is 0.870. The number of carbonyl (C=O) groups excluding carboxylic acids is 1. The molecule has 0 bridgehead atoms. The van der Waals surface area contributed by atoms with Crippen molar-refractivity contribution in [1.82, 2.24) is 14.7 Å². The van der Waals surface area contributed by atoms with Crippen LogP contribution in [0.15, 0.2) is 41.6 Å². The van der Waals surface area contributed by atoms with Crippen molar-refractivity contribution >= 4 is 17.7 Å². The van der Waals surface area contributed by atoms with Crippen LogP contribution >= 0.6 is 11.8 Å². The molecule has 2 aliphatic heterocycles. The summed E-state index contributed by atoms with van der Waals surface area (Å²) in [7, 11) is 0. The van der Waals surface area contributed by atoms with E-state index < -0.39 is 0 Å². The Hall–Kier alpha value is -1.75. The maximum Gasteiger partial charge on any atom is 0.236 e.